The lowest BCUT2D eigenvalue weighted by molar-refractivity contribution is 0.275. The number of aromatic nitrogens is 2. The maximum Gasteiger partial charge on any atom is 0.133 e. The minimum atomic E-state index is -0.0400. The molecule has 0 radical (unpaired) electrons. The lowest BCUT2D eigenvalue weighted by Crippen LogP contribution is -2.02. The van der Waals surface area contributed by atoms with Gasteiger partial charge in [0.1, 0.15) is 5.82 Å². The van der Waals surface area contributed by atoms with Gasteiger partial charge in [-0.2, -0.15) is 0 Å². The van der Waals surface area contributed by atoms with Crippen LogP contribution in [0.1, 0.15) is 22.6 Å². The van der Waals surface area contributed by atoms with E-state index in [0.717, 1.165) is 21.4 Å². The minimum absolute atomic E-state index is 0.0400. The fourth-order valence-electron chi connectivity index (χ4n) is 1.55. The molecule has 2 rings (SSSR count). The lowest BCUT2D eigenvalue weighted by atomic mass is 10.1. The second kappa shape index (κ2) is 5.38. The molecule has 0 saturated carbocycles. The summed E-state index contributed by atoms with van der Waals surface area (Å²) in [5.74, 6) is 0.738. The molecule has 0 fully saturated rings. The van der Waals surface area contributed by atoms with E-state index in [0.29, 0.717) is 12.1 Å². The molecule has 0 spiro atoms. The number of halogens is 1. The number of hydrogen-bond acceptors (Lipinski definition) is 3. The highest BCUT2D eigenvalue weighted by Crippen LogP contribution is 2.13. The topological polar surface area (TPSA) is 46.0 Å². The maximum atomic E-state index is 9.15. The van der Waals surface area contributed by atoms with E-state index < -0.39 is 0 Å². The normalized spacial score (nSPS) is 10.5. The highest BCUT2D eigenvalue weighted by Gasteiger charge is 2.04. The Hall–Kier alpha value is -1.26. The summed E-state index contributed by atoms with van der Waals surface area (Å²) >= 11 is 3.40. The number of rotatable bonds is 3. The third-order valence-corrected chi connectivity index (χ3v) is 3.08. The monoisotopic (exact) mass is 292 g/mol. The Morgan fingerprint density at radius 3 is 2.59 bits per heavy atom. The number of aliphatic hydroxyl groups excluding tert-OH is 1. The summed E-state index contributed by atoms with van der Waals surface area (Å²) in [5, 5.41) is 9.15. The SMILES string of the molecule is Cc1cnc(Cc2ccc(Br)cc2)nc1CO. The van der Waals surface area contributed by atoms with Crippen LogP contribution in [0.15, 0.2) is 34.9 Å². The standard InChI is InChI=1S/C13H13BrN2O/c1-9-7-15-13(16-12(9)8-17)6-10-2-4-11(14)5-3-10/h2-5,7,17H,6,8H2,1H3. The van der Waals surface area contributed by atoms with Crippen molar-refractivity contribution in [2.45, 2.75) is 20.0 Å². The first-order chi connectivity index (χ1) is 8.19. The van der Waals surface area contributed by atoms with Crippen molar-refractivity contribution in [1.82, 2.24) is 9.97 Å². The highest BCUT2D eigenvalue weighted by molar-refractivity contribution is 9.10. The molecule has 1 aromatic heterocycles. The Kier molecular flexibility index (Phi) is 3.86. The molecule has 88 valence electrons. The van der Waals surface area contributed by atoms with E-state index in [1.54, 1.807) is 6.20 Å². The second-order valence-corrected chi connectivity index (χ2v) is 4.79. The van der Waals surface area contributed by atoms with Gasteiger partial charge in [0.2, 0.25) is 0 Å². The van der Waals surface area contributed by atoms with Gasteiger partial charge in [0.25, 0.3) is 0 Å². The molecule has 0 saturated heterocycles. The molecule has 1 heterocycles. The van der Waals surface area contributed by atoms with Gasteiger partial charge in [0, 0.05) is 17.1 Å². The zero-order valence-electron chi connectivity index (χ0n) is 9.52. The van der Waals surface area contributed by atoms with Gasteiger partial charge in [-0.25, -0.2) is 9.97 Å². The van der Waals surface area contributed by atoms with E-state index in [1.165, 1.54) is 0 Å². The van der Waals surface area contributed by atoms with E-state index in [9.17, 15) is 0 Å². The van der Waals surface area contributed by atoms with Crippen molar-refractivity contribution in [3.8, 4) is 0 Å². The van der Waals surface area contributed by atoms with Crippen molar-refractivity contribution in [3.63, 3.8) is 0 Å². The van der Waals surface area contributed by atoms with E-state index in [4.69, 9.17) is 5.11 Å². The molecule has 0 aliphatic heterocycles. The van der Waals surface area contributed by atoms with Crippen molar-refractivity contribution in [1.29, 1.82) is 0 Å². The maximum absolute atomic E-state index is 9.15. The minimum Gasteiger partial charge on any atom is -0.390 e. The largest absolute Gasteiger partial charge is 0.390 e. The first-order valence-electron chi connectivity index (χ1n) is 5.35. The quantitative estimate of drug-likeness (QED) is 0.946. The van der Waals surface area contributed by atoms with Crippen LogP contribution in [0, 0.1) is 6.92 Å². The van der Waals surface area contributed by atoms with E-state index >= 15 is 0 Å². The summed E-state index contributed by atoms with van der Waals surface area (Å²) < 4.78 is 1.06. The van der Waals surface area contributed by atoms with Gasteiger partial charge in [0.05, 0.1) is 12.3 Å². The molecular weight excluding hydrogens is 280 g/mol. The Bertz CT molecular complexity index is 511. The molecule has 1 N–H and O–H groups in total. The third-order valence-electron chi connectivity index (χ3n) is 2.55. The second-order valence-electron chi connectivity index (χ2n) is 3.88. The highest BCUT2D eigenvalue weighted by atomic mass is 79.9. The van der Waals surface area contributed by atoms with Gasteiger partial charge in [-0.15, -0.1) is 0 Å². The van der Waals surface area contributed by atoms with Crippen LogP contribution in [0.2, 0.25) is 0 Å². The van der Waals surface area contributed by atoms with Crippen LogP contribution >= 0.6 is 15.9 Å². The van der Waals surface area contributed by atoms with Gasteiger partial charge in [-0.3, -0.25) is 0 Å². The van der Waals surface area contributed by atoms with Gasteiger partial charge in [0.15, 0.2) is 0 Å². The van der Waals surface area contributed by atoms with E-state index in [1.807, 2.05) is 31.2 Å². The van der Waals surface area contributed by atoms with Crippen molar-refractivity contribution < 1.29 is 5.11 Å². The van der Waals surface area contributed by atoms with Crippen molar-refractivity contribution >= 4 is 15.9 Å². The number of aliphatic hydroxyl groups is 1. The van der Waals surface area contributed by atoms with E-state index in [2.05, 4.69) is 25.9 Å². The molecule has 3 nitrogen and oxygen atoms in total. The van der Waals surface area contributed by atoms with Crippen LogP contribution in [0.3, 0.4) is 0 Å². The average Bonchev–Trinajstić information content (AvgIpc) is 2.34. The van der Waals surface area contributed by atoms with Crippen LogP contribution in [0.4, 0.5) is 0 Å². The third kappa shape index (κ3) is 3.11. The van der Waals surface area contributed by atoms with Crippen LogP contribution in [0.25, 0.3) is 0 Å². The zero-order chi connectivity index (χ0) is 12.3. The first kappa shape index (κ1) is 12.2. The lowest BCUT2D eigenvalue weighted by Gasteiger charge is -2.05. The first-order valence-corrected chi connectivity index (χ1v) is 6.15. The molecule has 2 aromatic rings. The Balaban J connectivity index is 2.21. The zero-order valence-corrected chi connectivity index (χ0v) is 11.1. The number of nitrogens with zero attached hydrogens (tertiary/aromatic N) is 2. The predicted octanol–water partition coefficient (Wildman–Crippen LogP) is 2.63. The number of aryl methyl sites for hydroxylation is 1. The molecule has 0 atom stereocenters. The summed E-state index contributed by atoms with van der Waals surface area (Å²) in [6.07, 6.45) is 2.44. The van der Waals surface area contributed by atoms with Crippen LogP contribution in [-0.4, -0.2) is 15.1 Å². The smallest absolute Gasteiger partial charge is 0.133 e. The van der Waals surface area contributed by atoms with E-state index in [-0.39, 0.29) is 6.61 Å². The summed E-state index contributed by atoms with van der Waals surface area (Å²) in [7, 11) is 0. The van der Waals surface area contributed by atoms with Crippen LogP contribution in [-0.2, 0) is 13.0 Å². The number of hydrogen-bond donors (Lipinski definition) is 1. The Morgan fingerprint density at radius 1 is 1.24 bits per heavy atom. The molecule has 17 heavy (non-hydrogen) atoms. The van der Waals surface area contributed by atoms with Crippen molar-refractivity contribution in [3.05, 3.63) is 57.6 Å². The summed E-state index contributed by atoms with van der Waals surface area (Å²) in [4.78, 5) is 8.61. The summed E-state index contributed by atoms with van der Waals surface area (Å²) in [5.41, 5.74) is 2.78. The molecule has 0 unspecified atom stereocenters. The fraction of sp³-hybridized carbons (Fsp3) is 0.231. The van der Waals surface area contributed by atoms with Gasteiger partial charge >= 0.3 is 0 Å². The molecule has 4 heteroatoms. The van der Waals surface area contributed by atoms with Crippen molar-refractivity contribution in [2.75, 3.05) is 0 Å². The summed E-state index contributed by atoms with van der Waals surface area (Å²) in [6, 6.07) is 8.06. The molecular formula is C13H13BrN2O. The predicted molar refractivity (Wildman–Crippen MR) is 69.6 cm³/mol. The van der Waals surface area contributed by atoms with Crippen molar-refractivity contribution in [2.24, 2.45) is 0 Å². The molecule has 0 aliphatic carbocycles. The molecule has 0 aliphatic rings. The molecule has 0 bridgehead atoms. The average molecular weight is 293 g/mol. The van der Waals surface area contributed by atoms with Gasteiger partial charge in [-0.05, 0) is 30.2 Å². The Labute approximate surface area is 109 Å². The molecule has 0 amide bonds. The Morgan fingerprint density at radius 2 is 1.94 bits per heavy atom. The van der Waals surface area contributed by atoms with Gasteiger partial charge < -0.3 is 5.11 Å². The molecule has 1 aromatic carbocycles. The van der Waals surface area contributed by atoms with Crippen LogP contribution < -0.4 is 0 Å². The van der Waals surface area contributed by atoms with Crippen LogP contribution in [0.5, 0.6) is 0 Å². The summed E-state index contributed by atoms with van der Waals surface area (Å²) in [6.45, 7) is 1.86. The fourth-order valence-corrected chi connectivity index (χ4v) is 1.81. The number of benzene rings is 1. The van der Waals surface area contributed by atoms with Gasteiger partial charge in [-0.1, -0.05) is 28.1 Å².